The fourth-order valence-corrected chi connectivity index (χ4v) is 2.87. The summed E-state index contributed by atoms with van der Waals surface area (Å²) in [6.07, 6.45) is 3.47. The van der Waals surface area contributed by atoms with E-state index in [-0.39, 0.29) is 11.4 Å². The number of hydrogen-bond donors (Lipinski definition) is 3. The number of unbranched alkanes of at least 4 members (excludes halogenated alkanes) is 1. The minimum atomic E-state index is -0.436. The van der Waals surface area contributed by atoms with E-state index in [0.717, 1.165) is 28.6 Å². The van der Waals surface area contributed by atoms with Crippen molar-refractivity contribution in [2.24, 2.45) is 5.10 Å². The highest BCUT2D eigenvalue weighted by atomic mass is 79.9. The minimum absolute atomic E-state index is 0.0668. The van der Waals surface area contributed by atoms with Crippen LogP contribution in [0.15, 0.2) is 58.1 Å². The zero-order valence-electron chi connectivity index (χ0n) is 15.9. The van der Waals surface area contributed by atoms with Crippen LogP contribution in [0.3, 0.4) is 0 Å². The number of halogens is 1. The van der Waals surface area contributed by atoms with Crippen LogP contribution in [-0.2, 0) is 0 Å². The van der Waals surface area contributed by atoms with E-state index in [2.05, 4.69) is 43.6 Å². The molecule has 0 aliphatic carbocycles. The number of carbonyl (C=O) groups excluding carboxylic acids is 1. The molecule has 8 heteroatoms. The lowest BCUT2D eigenvalue weighted by Crippen LogP contribution is -2.18. The number of hydrazone groups is 1. The van der Waals surface area contributed by atoms with Gasteiger partial charge in [-0.25, -0.2) is 5.43 Å². The van der Waals surface area contributed by atoms with E-state index in [4.69, 9.17) is 4.74 Å². The first-order valence-corrected chi connectivity index (χ1v) is 9.96. The second-order valence-corrected chi connectivity index (χ2v) is 7.21. The van der Waals surface area contributed by atoms with E-state index >= 15 is 0 Å². The van der Waals surface area contributed by atoms with Crippen LogP contribution in [-0.4, -0.2) is 34.0 Å². The van der Waals surface area contributed by atoms with Crippen molar-refractivity contribution >= 4 is 28.1 Å². The van der Waals surface area contributed by atoms with Crippen LogP contribution >= 0.6 is 15.9 Å². The van der Waals surface area contributed by atoms with Crippen LogP contribution in [0.5, 0.6) is 11.5 Å². The number of aromatic hydroxyl groups is 1. The summed E-state index contributed by atoms with van der Waals surface area (Å²) < 4.78 is 6.44. The molecule has 0 saturated heterocycles. The van der Waals surface area contributed by atoms with Gasteiger partial charge in [0.25, 0.3) is 5.91 Å². The van der Waals surface area contributed by atoms with Gasteiger partial charge in [0, 0.05) is 15.6 Å². The van der Waals surface area contributed by atoms with Gasteiger partial charge in [-0.1, -0.05) is 29.3 Å². The third kappa shape index (κ3) is 5.68. The molecule has 0 unspecified atom stereocenters. The van der Waals surface area contributed by atoms with Gasteiger partial charge in [0.15, 0.2) is 0 Å². The summed E-state index contributed by atoms with van der Waals surface area (Å²) in [5, 5.41) is 20.5. The van der Waals surface area contributed by atoms with E-state index in [0.29, 0.717) is 17.9 Å². The molecule has 0 spiro atoms. The lowest BCUT2D eigenvalue weighted by molar-refractivity contribution is 0.0950. The Bertz CT molecular complexity index is 999. The average Bonchev–Trinajstić information content (AvgIpc) is 3.21. The standard InChI is InChI=1S/C21H21BrN4O3/c1-2-3-10-29-17-7-4-14(5-8-17)18-12-19(25-24-18)21(28)26-23-13-15-11-16(22)6-9-20(15)27/h4-9,11-13,27H,2-3,10H2,1H3,(H,24,25)(H,26,28)/b23-13-. The number of aromatic amines is 1. The monoisotopic (exact) mass is 456 g/mol. The van der Waals surface area contributed by atoms with Crippen LogP contribution in [0.2, 0.25) is 0 Å². The molecule has 2 aromatic carbocycles. The summed E-state index contributed by atoms with van der Waals surface area (Å²) in [5.74, 6) is 0.437. The quantitative estimate of drug-likeness (QED) is 0.264. The Labute approximate surface area is 176 Å². The van der Waals surface area contributed by atoms with Crippen LogP contribution < -0.4 is 10.2 Å². The minimum Gasteiger partial charge on any atom is -0.507 e. The number of carbonyl (C=O) groups is 1. The maximum atomic E-state index is 12.2. The Morgan fingerprint density at radius 2 is 2.07 bits per heavy atom. The molecule has 0 aliphatic heterocycles. The predicted octanol–water partition coefficient (Wildman–Crippen LogP) is 4.49. The number of amides is 1. The smallest absolute Gasteiger partial charge is 0.289 e. The molecule has 0 fully saturated rings. The zero-order chi connectivity index (χ0) is 20.6. The summed E-state index contributed by atoms with van der Waals surface area (Å²) in [6.45, 7) is 2.81. The highest BCUT2D eigenvalue weighted by Crippen LogP contribution is 2.22. The average molecular weight is 457 g/mol. The molecule has 1 heterocycles. The van der Waals surface area contributed by atoms with Crippen molar-refractivity contribution in [3.63, 3.8) is 0 Å². The number of hydrogen-bond acceptors (Lipinski definition) is 5. The summed E-state index contributed by atoms with van der Waals surface area (Å²) >= 11 is 3.32. The molecule has 3 rings (SSSR count). The summed E-state index contributed by atoms with van der Waals surface area (Å²) in [5.41, 5.74) is 4.67. The maximum Gasteiger partial charge on any atom is 0.289 e. The van der Waals surface area contributed by atoms with Crippen molar-refractivity contribution in [3.05, 3.63) is 64.3 Å². The molecule has 150 valence electrons. The fourth-order valence-electron chi connectivity index (χ4n) is 2.49. The maximum absolute atomic E-state index is 12.2. The summed E-state index contributed by atoms with van der Waals surface area (Å²) in [6, 6.07) is 14.1. The molecule has 0 atom stereocenters. The van der Waals surface area contributed by atoms with Gasteiger partial charge in [0.1, 0.15) is 17.2 Å². The molecule has 3 aromatic rings. The number of aromatic nitrogens is 2. The molecule has 3 N–H and O–H groups in total. The predicted molar refractivity (Wildman–Crippen MR) is 115 cm³/mol. The molecule has 1 amide bonds. The van der Waals surface area contributed by atoms with E-state index in [1.807, 2.05) is 24.3 Å². The first-order chi connectivity index (χ1) is 14.1. The van der Waals surface area contributed by atoms with Crippen molar-refractivity contribution in [3.8, 4) is 22.8 Å². The van der Waals surface area contributed by atoms with Gasteiger partial charge in [-0.3, -0.25) is 9.89 Å². The first kappa shape index (κ1) is 20.6. The number of benzene rings is 2. The molecule has 29 heavy (non-hydrogen) atoms. The van der Waals surface area contributed by atoms with Gasteiger partial charge in [-0.15, -0.1) is 0 Å². The number of nitrogens with one attached hydrogen (secondary N) is 2. The zero-order valence-corrected chi connectivity index (χ0v) is 17.4. The Hall–Kier alpha value is -3.13. The molecule has 0 saturated carbocycles. The lowest BCUT2D eigenvalue weighted by atomic mass is 10.1. The van der Waals surface area contributed by atoms with E-state index in [1.165, 1.54) is 12.3 Å². The Morgan fingerprint density at radius 3 is 2.83 bits per heavy atom. The fraction of sp³-hybridized carbons (Fsp3) is 0.190. The Morgan fingerprint density at radius 1 is 1.28 bits per heavy atom. The Kier molecular flexibility index (Phi) is 7.02. The third-order valence-electron chi connectivity index (χ3n) is 4.10. The molecule has 7 nitrogen and oxygen atoms in total. The SMILES string of the molecule is CCCCOc1ccc(-c2cc(C(=O)N/N=C\c3cc(Br)ccc3O)[nH]n2)cc1. The van der Waals surface area contributed by atoms with Gasteiger partial charge in [0.05, 0.1) is 18.5 Å². The molecule has 1 aromatic heterocycles. The van der Waals surface area contributed by atoms with Gasteiger partial charge in [0.2, 0.25) is 0 Å². The van der Waals surface area contributed by atoms with Crippen molar-refractivity contribution in [1.82, 2.24) is 15.6 Å². The van der Waals surface area contributed by atoms with Gasteiger partial charge in [-0.2, -0.15) is 10.2 Å². The van der Waals surface area contributed by atoms with Crippen molar-refractivity contribution < 1.29 is 14.6 Å². The third-order valence-corrected chi connectivity index (χ3v) is 4.59. The van der Waals surface area contributed by atoms with Crippen molar-refractivity contribution in [2.75, 3.05) is 6.61 Å². The van der Waals surface area contributed by atoms with E-state index in [9.17, 15) is 9.90 Å². The largest absolute Gasteiger partial charge is 0.507 e. The highest BCUT2D eigenvalue weighted by molar-refractivity contribution is 9.10. The highest BCUT2D eigenvalue weighted by Gasteiger charge is 2.10. The molecule has 0 radical (unpaired) electrons. The van der Waals surface area contributed by atoms with E-state index in [1.54, 1.807) is 18.2 Å². The number of ether oxygens (including phenoxy) is 1. The number of H-pyrrole nitrogens is 1. The van der Waals surface area contributed by atoms with E-state index < -0.39 is 5.91 Å². The van der Waals surface area contributed by atoms with Gasteiger partial charge >= 0.3 is 0 Å². The summed E-state index contributed by atoms with van der Waals surface area (Å²) in [4.78, 5) is 12.2. The summed E-state index contributed by atoms with van der Waals surface area (Å²) in [7, 11) is 0. The normalized spacial score (nSPS) is 11.0. The number of nitrogens with zero attached hydrogens (tertiary/aromatic N) is 2. The van der Waals surface area contributed by atoms with Crippen LogP contribution in [0.1, 0.15) is 35.8 Å². The van der Waals surface area contributed by atoms with Crippen LogP contribution in [0.4, 0.5) is 0 Å². The molecule has 0 aliphatic rings. The van der Waals surface area contributed by atoms with Crippen LogP contribution in [0.25, 0.3) is 11.3 Å². The first-order valence-electron chi connectivity index (χ1n) is 9.17. The second-order valence-electron chi connectivity index (χ2n) is 6.30. The molecular formula is C21H21BrN4O3. The number of phenols is 1. The van der Waals surface area contributed by atoms with Crippen LogP contribution in [0, 0.1) is 0 Å². The number of rotatable bonds is 8. The Balaban J connectivity index is 1.61. The van der Waals surface area contributed by atoms with Gasteiger partial charge < -0.3 is 9.84 Å². The molecule has 0 bridgehead atoms. The lowest BCUT2D eigenvalue weighted by Gasteiger charge is -2.05. The number of phenolic OH excluding ortho intramolecular Hbond substituents is 1. The topological polar surface area (TPSA) is 99.6 Å². The molecular weight excluding hydrogens is 436 g/mol. The van der Waals surface area contributed by atoms with Gasteiger partial charge in [-0.05, 0) is 55.0 Å². The van der Waals surface area contributed by atoms with Crippen molar-refractivity contribution in [1.29, 1.82) is 0 Å². The van der Waals surface area contributed by atoms with Crippen molar-refractivity contribution in [2.45, 2.75) is 19.8 Å². The second kappa shape index (κ2) is 9.88.